The Labute approximate surface area is 241 Å². The normalized spacial score (nSPS) is 14.6. The van der Waals surface area contributed by atoms with Gasteiger partial charge in [0.25, 0.3) is 0 Å². The molecule has 2 heterocycles. The van der Waals surface area contributed by atoms with Crippen molar-refractivity contribution < 1.29 is 17.9 Å². The van der Waals surface area contributed by atoms with Crippen molar-refractivity contribution >= 4 is 21.7 Å². The highest BCUT2D eigenvalue weighted by Gasteiger charge is 2.34. The fraction of sp³-hybridized carbons (Fsp3) is 0.258. The number of hydrogen-bond acceptors (Lipinski definition) is 7. The number of carbonyl (C=O) groups is 1. The van der Waals surface area contributed by atoms with Crippen LogP contribution in [0.25, 0.3) is 11.3 Å². The van der Waals surface area contributed by atoms with Crippen molar-refractivity contribution in [3.05, 3.63) is 103 Å². The minimum atomic E-state index is -3.99. The van der Waals surface area contributed by atoms with Gasteiger partial charge in [0.15, 0.2) is 5.82 Å². The highest BCUT2D eigenvalue weighted by Crippen LogP contribution is 2.29. The summed E-state index contributed by atoms with van der Waals surface area (Å²) in [6.45, 7) is 3.60. The Balaban J connectivity index is 1.29. The van der Waals surface area contributed by atoms with Gasteiger partial charge < -0.3 is 14.5 Å². The van der Waals surface area contributed by atoms with E-state index in [1.807, 2.05) is 72.8 Å². The van der Waals surface area contributed by atoms with Gasteiger partial charge in [-0.15, -0.1) is 10.2 Å². The Morgan fingerprint density at radius 1 is 0.854 bits per heavy atom. The third-order valence-corrected chi connectivity index (χ3v) is 9.28. The lowest BCUT2D eigenvalue weighted by molar-refractivity contribution is -0.132. The minimum absolute atomic E-state index is 0.108. The Morgan fingerprint density at radius 3 is 2.07 bits per heavy atom. The number of ether oxygens (including phenoxy) is 1. The monoisotopic (exact) mass is 571 g/mol. The highest BCUT2D eigenvalue weighted by molar-refractivity contribution is 7.89. The zero-order valence-corrected chi connectivity index (χ0v) is 23.9. The van der Waals surface area contributed by atoms with Crippen LogP contribution in [0, 0.1) is 0 Å². The molecule has 1 aliphatic rings. The van der Waals surface area contributed by atoms with Gasteiger partial charge in [0.2, 0.25) is 15.9 Å². The number of benzene rings is 3. The number of nitrogens with zero attached hydrogens (tertiary/aromatic N) is 5. The summed E-state index contributed by atoms with van der Waals surface area (Å²) in [6.07, 6.45) is 0. The van der Waals surface area contributed by atoms with Crippen LogP contribution in [0.1, 0.15) is 18.5 Å². The first kappa shape index (κ1) is 28.3. The van der Waals surface area contributed by atoms with Crippen LogP contribution in [-0.4, -0.2) is 73.6 Å². The largest absolute Gasteiger partial charge is 0.497 e. The lowest BCUT2D eigenvalue weighted by atomic mass is 10.1. The summed E-state index contributed by atoms with van der Waals surface area (Å²) >= 11 is 0. The molecule has 3 aromatic carbocycles. The predicted molar refractivity (Wildman–Crippen MR) is 158 cm³/mol. The molecule has 1 aliphatic heterocycles. The van der Waals surface area contributed by atoms with E-state index < -0.39 is 16.1 Å². The molecular weight excluding hydrogens is 538 g/mol. The molecule has 0 N–H and O–H groups in total. The first-order chi connectivity index (χ1) is 19.9. The number of methoxy groups -OCH3 is 1. The summed E-state index contributed by atoms with van der Waals surface area (Å²) < 4.78 is 34.1. The van der Waals surface area contributed by atoms with Gasteiger partial charge in [-0.05, 0) is 48.9 Å². The molecule has 1 fully saturated rings. The molecule has 41 heavy (non-hydrogen) atoms. The molecule has 1 aromatic heterocycles. The lowest BCUT2D eigenvalue weighted by Crippen LogP contribution is -2.52. The molecule has 5 rings (SSSR count). The van der Waals surface area contributed by atoms with Gasteiger partial charge >= 0.3 is 0 Å². The molecule has 1 amide bonds. The summed E-state index contributed by atoms with van der Waals surface area (Å²) in [5, 5.41) is 8.79. The molecular formula is C31H33N5O4S. The smallest absolute Gasteiger partial charge is 0.244 e. The van der Waals surface area contributed by atoms with E-state index >= 15 is 0 Å². The quantitative estimate of drug-likeness (QED) is 0.296. The predicted octanol–water partition coefficient (Wildman–Crippen LogP) is 4.25. The van der Waals surface area contributed by atoms with Gasteiger partial charge in [-0.1, -0.05) is 60.7 Å². The zero-order chi connectivity index (χ0) is 28.8. The number of hydrogen-bond donors (Lipinski definition) is 0. The van der Waals surface area contributed by atoms with Crippen molar-refractivity contribution in [1.29, 1.82) is 0 Å². The second kappa shape index (κ2) is 12.5. The van der Waals surface area contributed by atoms with Crippen molar-refractivity contribution in [1.82, 2.24) is 19.4 Å². The number of aromatic nitrogens is 2. The van der Waals surface area contributed by atoms with Crippen LogP contribution in [0.4, 0.5) is 5.82 Å². The second-order valence-electron chi connectivity index (χ2n) is 9.82. The van der Waals surface area contributed by atoms with Gasteiger partial charge in [0.05, 0.1) is 24.2 Å². The van der Waals surface area contributed by atoms with Gasteiger partial charge in [-0.3, -0.25) is 4.79 Å². The van der Waals surface area contributed by atoms with E-state index in [4.69, 9.17) is 4.74 Å². The van der Waals surface area contributed by atoms with E-state index in [2.05, 4.69) is 15.1 Å². The number of carbonyl (C=O) groups excluding carboxylic acids is 1. The maximum atomic E-state index is 13.8. The molecule has 10 heteroatoms. The fourth-order valence-corrected chi connectivity index (χ4v) is 6.46. The van der Waals surface area contributed by atoms with Crippen molar-refractivity contribution in [3.8, 4) is 17.0 Å². The maximum absolute atomic E-state index is 13.8. The summed E-state index contributed by atoms with van der Waals surface area (Å²) in [6, 6.07) is 28.8. The molecule has 0 aliphatic carbocycles. The molecule has 212 valence electrons. The Hall–Kier alpha value is -4.28. The standard InChI is InChI=1S/C31H33N5O4S/c1-24(25-9-5-3-6-10-25)36(41(38,39)28-15-13-27(40-2)14-16-28)23-31(37)35-21-19-34(20-22-35)30-18-17-29(32-33-30)26-11-7-4-8-12-26/h3-18,24H,19-23H2,1-2H3. The molecule has 9 nitrogen and oxygen atoms in total. The maximum Gasteiger partial charge on any atom is 0.244 e. The van der Waals surface area contributed by atoms with E-state index in [1.54, 1.807) is 24.0 Å². The van der Waals surface area contributed by atoms with Crippen LogP contribution < -0.4 is 9.64 Å². The minimum Gasteiger partial charge on any atom is -0.497 e. The Kier molecular flexibility index (Phi) is 8.61. The van der Waals surface area contributed by atoms with E-state index in [-0.39, 0.29) is 17.3 Å². The molecule has 0 spiro atoms. The SMILES string of the molecule is COc1ccc(S(=O)(=O)N(CC(=O)N2CCN(c3ccc(-c4ccccc4)nn3)CC2)C(C)c2ccccc2)cc1. The summed E-state index contributed by atoms with van der Waals surface area (Å²) in [7, 11) is -2.46. The van der Waals surface area contributed by atoms with Crippen LogP contribution in [0.5, 0.6) is 5.75 Å². The Morgan fingerprint density at radius 2 is 1.49 bits per heavy atom. The number of rotatable bonds is 9. The number of anilines is 1. The molecule has 0 radical (unpaired) electrons. The van der Waals surface area contributed by atoms with E-state index in [0.717, 1.165) is 22.6 Å². The van der Waals surface area contributed by atoms with Gasteiger partial charge in [-0.25, -0.2) is 8.42 Å². The van der Waals surface area contributed by atoms with E-state index in [9.17, 15) is 13.2 Å². The van der Waals surface area contributed by atoms with Gasteiger partial charge in [0, 0.05) is 37.8 Å². The topological polar surface area (TPSA) is 95.9 Å². The first-order valence-corrected chi connectivity index (χ1v) is 14.9. The average molecular weight is 572 g/mol. The average Bonchev–Trinajstić information content (AvgIpc) is 3.04. The molecule has 1 atom stereocenters. The van der Waals surface area contributed by atoms with E-state index in [0.29, 0.717) is 31.9 Å². The summed E-state index contributed by atoms with van der Waals surface area (Å²) in [5.41, 5.74) is 2.61. The third-order valence-electron chi connectivity index (χ3n) is 7.35. The summed E-state index contributed by atoms with van der Waals surface area (Å²) in [5.74, 6) is 1.06. The van der Waals surface area contributed by atoms with Crippen molar-refractivity contribution in [2.24, 2.45) is 0 Å². The number of amides is 1. The number of piperazine rings is 1. The Bertz CT molecular complexity index is 1540. The van der Waals surface area contributed by atoms with Crippen LogP contribution in [0.15, 0.2) is 102 Å². The van der Waals surface area contributed by atoms with Crippen molar-refractivity contribution in [3.63, 3.8) is 0 Å². The van der Waals surface area contributed by atoms with E-state index in [1.165, 1.54) is 23.5 Å². The first-order valence-electron chi connectivity index (χ1n) is 13.5. The third kappa shape index (κ3) is 6.39. The molecule has 1 unspecified atom stereocenters. The molecule has 4 aromatic rings. The van der Waals surface area contributed by atoms with Crippen molar-refractivity contribution in [2.75, 3.05) is 44.7 Å². The zero-order valence-electron chi connectivity index (χ0n) is 23.1. The molecule has 1 saturated heterocycles. The van der Waals surface area contributed by atoms with Crippen molar-refractivity contribution in [2.45, 2.75) is 17.9 Å². The van der Waals surface area contributed by atoms with Crippen LogP contribution in [0.2, 0.25) is 0 Å². The second-order valence-corrected chi connectivity index (χ2v) is 11.7. The van der Waals surface area contributed by atoms with Gasteiger partial charge in [0.1, 0.15) is 5.75 Å². The van der Waals surface area contributed by atoms with Crippen LogP contribution in [-0.2, 0) is 14.8 Å². The van der Waals surface area contributed by atoms with Crippen LogP contribution >= 0.6 is 0 Å². The highest BCUT2D eigenvalue weighted by atomic mass is 32.2. The van der Waals surface area contributed by atoms with Gasteiger partial charge in [-0.2, -0.15) is 4.31 Å². The number of sulfonamides is 1. The molecule has 0 bridgehead atoms. The fourth-order valence-electron chi connectivity index (χ4n) is 4.89. The molecule has 0 saturated carbocycles. The van der Waals surface area contributed by atoms with Crippen LogP contribution in [0.3, 0.4) is 0 Å². The summed E-state index contributed by atoms with van der Waals surface area (Å²) in [4.78, 5) is 17.4. The lowest BCUT2D eigenvalue weighted by Gasteiger charge is -2.37.